The lowest BCUT2D eigenvalue weighted by Gasteiger charge is -2.51. The molecule has 29 heavy (non-hydrogen) atoms. The lowest BCUT2D eigenvalue weighted by Crippen LogP contribution is -2.59. The molecule has 6 heteroatoms. The Balaban J connectivity index is 1.55. The molecule has 1 atom stereocenters. The summed E-state index contributed by atoms with van der Waals surface area (Å²) in [5.74, 6) is 0.991. The van der Waals surface area contributed by atoms with Crippen LogP contribution in [0.5, 0.6) is 5.75 Å². The van der Waals surface area contributed by atoms with Crippen LogP contribution >= 0.6 is 23.2 Å². The molecule has 0 aliphatic carbocycles. The highest BCUT2D eigenvalue weighted by Crippen LogP contribution is 2.50. The van der Waals surface area contributed by atoms with Crippen LogP contribution in [0.4, 0.5) is 0 Å². The molecule has 4 nitrogen and oxygen atoms in total. The summed E-state index contributed by atoms with van der Waals surface area (Å²) in [5, 5.41) is 8.61. The minimum atomic E-state index is -0.398. The normalized spacial score (nSPS) is 23.0. The van der Waals surface area contributed by atoms with Gasteiger partial charge in [0.15, 0.2) is 0 Å². The van der Waals surface area contributed by atoms with Gasteiger partial charge in [0.25, 0.3) is 0 Å². The molecule has 3 heterocycles. The zero-order valence-electron chi connectivity index (χ0n) is 16.7. The molecule has 0 N–H and O–H groups in total. The van der Waals surface area contributed by atoms with E-state index in [1.807, 2.05) is 12.1 Å². The Hall–Kier alpha value is -1.75. The van der Waals surface area contributed by atoms with Crippen LogP contribution < -0.4 is 4.74 Å². The molecule has 2 aromatic carbocycles. The molecule has 1 spiro atoms. The van der Waals surface area contributed by atoms with Crippen LogP contribution in [0.15, 0.2) is 47.6 Å². The van der Waals surface area contributed by atoms with Crippen LogP contribution in [-0.2, 0) is 0 Å². The molecular weight excluding hydrogens is 405 g/mol. The van der Waals surface area contributed by atoms with Gasteiger partial charge < -0.3 is 9.64 Å². The first kappa shape index (κ1) is 19.2. The van der Waals surface area contributed by atoms with Crippen molar-refractivity contribution < 1.29 is 4.74 Å². The Kier molecular flexibility index (Phi) is 4.77. The third kappa shape index (κ3) is 3.22. The predicted octanol–water partition coefficient (Wildman–Crippen LogP) is 5.74. The molecular formula is C23H25Cl2N3O. The van der Waals surface area contributed by atoms with Crippen molar-refractivity contribution in [1.82, 2.24) is 9.91 Å². The van der Waals surface area contributed by atoms with E-state index < -0.39 is 5.72 Å². The van der Waals surface area contributed by atoms with Crippen LogP contribution in [0.1, 0.15) is 50.3 Å². The Labute approximate surface area is 182 Å². The number of rotatable bonds is 2. The third-order valence-electron chi connectivity index (χ3n) is 6.46. The number of hydrogen-bond acceptors (Lipinski definition) is 4. The zero-order chi connectivity index (χ0) is 20.2. The molecule has 1 fully saturated rings. The van der Waals surface area contributed by atoms with Gasteiger partial charge in [-0.2, -0.15) is 5.10 Å². The minimum Gasteiger partial charge on any atom is -0.466 e. The van der Waals surface area contributed by atoms with Crippen LogP contribution in [0.3, 0.4) is 0 Å². The quantitative estimate of drug-likeness (QED) is 0.609. The molecule has 2 aromatic rings. The van der Waals surface area contributed by atoms with E-state index in [0.717, 1.165) is 49.4 Å². The highest BCUT2D eigenvalue weighted by molar-refractivity contribution is 6.37. The maximum atomic E-state index is 6.67. The van der Waals surface area contributed by atoms with E-state index in [9.17, 15) is 0 Å². The van der Waals surface area contributed by atoms with E-state index >= 15 is 0 Å². The van der Waals surface area contributed by atoms with Gasteiger partial charge in [-0.1, -0.05) is 47.5 Å². The fourth-order valence-electron chi connectivity index (χ4n) is 4.84. The Bertz CT molecular complexity index is 966. The first-order chi connectivity index (χ1) is 14.0. The first-order valence-electron chi connectivity index (χ1n) is 10.3. The number of benzene rings is 2. The Morgan fingerprint density at radius 2 is 1.86 bits per heavy atom. The number of fused-ring (bicyclic) bond motifs is 4. The van der Waals surface area contributed by atoms with Crippen molar-refractivity contribution in [1.29, 1.82) is 0 Å². The van der Waals surface area contributed by atoms with Gasteiger partial charge in [0.2, 0.25) is 5.72 Å². The summed E-state index contributed by atoms with van der Waals surface area (Å²) in [6.07, 6.45) is 2.68. The monoisotopic (exact) mass is 429 g/mol. The number of nitrogens with zero attached hydrogens (tertiary/aromatic N) is 3. The predicted molar refractivity (Wildman–Crippen MR) is 118 cm³/mol. The standard InChI is InChI=1S/C23H25Cl2N3O/c1-15(2)27-11-9-23(10-12-27)28-21(18-5-3-4-6-22(18)29-23)14-20(26-28)17-8-7-16(24)13-19(17)25/h3-8,13,15,21H,9-12,14H2,1-2H3/t21-/m0/s1. The average molecular weight is 430 g/mol. The first-order valence-corrected chi connectivity index (χ1v) is 11.1. The summed E-state index contributed by atoms with van der Waals surface area (Å²) >= 11 is 12.6. The molecule has 5 rings (SSSR count). The largest absolute Gasteiger partial charge is 0.466 e. The SMILES string of the molecule is CC(C)N1CCC2(CC1)Oc1ccccc1[C@@H]1CC(c3ccc(Cl)cc3Cl)=NN12. The molecule has 0 unspecified atom stereocenters. The van der Waals surface area contributed by atoms with Gasteiger partial charge >= 0.3 is 0 Å². The van der Waals surface area contributed by atoms with Crippen LogP contribution in [0, 0.1) is 0 Å². The topological polar surface area (TPSA) is 28.1 Å². The lowest BCUT2D eigenvalue weighted by atomic mass is 9.90. The molecule has 3 aliphatic heterocycles. The van der Waals surface area contributed by atoms with Crippen molar-refractivity contribution in [3.8, 4) is 5.75 Å². The maximum Gasteiger partial charge on any atom is 0.200 e. The van der Waals surface area contributed by atoms with Crippen molar-refractivity contribution in [2.45, 2.75) is 50.9 Å². The van der Waals surface area contributed by atoms with Crippen LogP contribution in [0.2, 0.25) is 10.0 Å². The molecule has 152 valence electrons. The molecule has 1 saturated heterocycles. The van der Waals surface area contributed by atoms with Crippen molar-refractivity contribution in [2.75, 3.05) is 13.1 Å². The smallest absolute Gasteiger partial charge is 0.200 e. The van der Waals surface area contributed by atoms with Gasteiger partial charge in [-0.05, 0) is 32.0 Å². The summed E-state index contributed by atoms with van der Waals surface area (Å²) in [6, 6.07) is 14.7. The second-order valence-electron chi connectivity index (χ2n) is 8.45. The summed E-state index contributed by atoms with van der Waals surface area (Å²) < 4.78 is 6.67. The number of piperidine rings is 1. The summed E-state index contributed by atoms with van der Waals surface area (Å²) in [7, 11) is 0. The van der Waals surface area contributed by atoms with Gasteiger partial charge in [-0.3, -0.25) is 0 Å². The average Bonchev–Trinajstić information content (AvgIpc) is 3.15. The van der Waals surface area contributed by atoms with Crippen LogP contribution in [-0.4, -0.2) is 40.5 Å². The second kappa shape index (κ2) is 7.19. The van der Waals surface area contributed by atoms with Crippen molar-refractivity contribution in [3.05, 3.63) is 63.6 Å². The van der Waals surface area contributed by atoms with Gasteiger partial charge in [0.1, 0.15) is 5.75 Å². The van der Waals surface area contributed by atoms with E-state index in [0.29, 0.717) is 16.1 Å². The van der Waals surface area contributed by atoms with Gasteiger partial charge in [-0.15, -0.1) is 0 Å². The second-order valence-corrected chi connectivity index (χ2v) is 9.29. The number of hydrazone groups is 1. The Morgan fingerprint density at radius 1 is 1.10 bits per heavy atom. The highest BCUT2D eigenvalue weighted by Gasteiger charge is 2.52. The van der Waals surface area contributed by atoms with Gasteiger partial charge in [0.05, 0.1) is 16.8 Å². The van der Waals surface area contributed by atoms with Crippen molar-refractivity contribution in [2.24, 2.45) is 5.10 Å². The maximum absolute atomic E-state index is 6.67. The number of halogens is 2. The number of likely N-dealkylation sites (tertiary alicyclic amines) is 1. The molecule has 0 aromatic heterocycles. The van der Waals surface area contributed by atoms with E-state index in [1.54, 1.807) is 6.07 Å². The van der Waals surface area contributed by atoms with Gasteiger partial charge in [-0.25, -0.2) is 5.01 Å². The van der Waals surface area contributed by atoms with Gasteiger partial charge in [0, 0.05) is 54.5 Å². The van der Waals surface area contributed by atoms with E-state index in [-0.39, 0.29) is 6.04 Å². The van der Waals surface area contributed by atoms with E-state index in [4.69, 9.17) is 33.0 Å². The summed E-state index contributed by atoms with van der Waals surface area (Å²) in [5.41, 5.74) is 2.76. The highest BCUT2D eigenvalue weighted by atomic mass is 35.5. The Morgan fingerprint density at radius 3 is 2.59 bits per heavy atom. The molecule has 0 saturated carbocycles. The molecule has 0 bridgehead atoms. The van der Waals surface area contributed by atoms with E-state index in [1.165, 1.54) is 5.56 Å². The van der Waals surface area contributed by atoms with Crippen LogP contribution in [0.25, 0.3) is 0 Å². The lowest BCUT2D eigenvalue weighted by molar-refractivity contribution is -0.152. The molecule has 0 radical (unpaired) electrons. The zero-order valence-corrected chi connectivity index (χ0v) is 18.2. The summed E-state index contributed by atoms with van der Waals surface area (Å²) in [6.45, 7) is 6.53. The van der Waals surface area contributed by atoms with Crippen molar-refractivity contribution >= 4 is 28.9 Å². The molecule has 3 aliphatic rings. The number of para-hydroxylation sites is 1. The van der Waals surface area contributed by atoms with Crippen molar-refractivity contribution in [3.63, 3.8) is 0 Å². The minimum absolute atomic E-state index is 0.173. The number of ether oxygens (including phenoxy) is 1. The summed E-state index contributed by atoms with van der Waals surface area (Å²) in [4.78, 5) is 2.51. The fourth-order valence-corrected chi connectivity index (χ4v) is 5.35. The number of hydrogen-bond donors (Lipinski definition) is 0. The van der Waals surface area contributed by atoms with E-state index in [2.05, 4.69) is 48.0 Å². The molecule has 0 amide bonds. The third-order valence-corrected chi connectivity index (χ3v) is 7.01. The fraction of sp³-hybridized carbons (Fsp3) is 0.435.